The summed E-state index contributed by atoms with van der Waals surface area (Å²) in [6.07, 6.45) is 5.50. The molecule has 5 atom stereocenters. The monoisotopic (exact) mass is 480 g/mol. The smallest absolute Gasteiger partial charge is 0.200 e. The molecule has 182 valence electrons. The van der Waals surface area contributed by atoms with Gasteiger partial charge in [0, 0.05) is 36.3 Å². The van der Waals surface area contributed by atoms with Crippen molar-refractivity contribution in [1.29, 1.82) is 0 Å². The summed E-state index contributed by atoms with van der Waals surface area (Å²) in [5.41, 5.74) is 1.73. The average Bonchev–Trinajstić information content (AvgIpc) is 3.62. The summed E-state index contributed by atoms with van der Waals surface area (Å²) in [7, 11) is 0. The van der Waals surface area contributed by atoms with Gasteiger partial charge in [-0.05, 0) is 52.9 Å². The van der Waals surface area contributed by atoms with Gasteiger partial charge in [-0.25, -0.2) is 0 Å². The van der Waals surface area contributed by atoms with Crippen molar-refractivity contribution in [1.82, 2.24) is 0 Å². The number of ether oxygens (including phenoxy) is 1. The molecule has 3 fully saturated rings. The Hall–Kier alpha value is -3.15. The number of rotatable bonds is 3. The van der Waals surface area contributed by atoms with Crippen LogP contribution in [0.3, 0.4) is 0 Å². The van der Waals surface area contributed by atoms with Crippen LogP contribution >= 0.6 is 0 Å². The van der Waals surface area contributed by atoms with E-state index in [1.807, 2.05) is 30.3 Å². The van der Waals surface area contributed by atoms with Gasteiger partial charge < -0.3 is 19.8 Å². The third kappa shape index (κ3) is 2.60. The second kappa shape index (κ2) is 6.99. The van der Waals surface area contributed by atoms with Crippen LogP contribution in [-0.4, -0.2) is 46.8 Å². The number of Topliss-reactive ketones (excluding diaryl/α,β-unsaturated/α-hetero) is 1. The molecule has 8 rings (SSSR count). The van der Waals surface area contributed by atoms with E-state index < -0.39 is 17.1 Å². The summed E-state index contributed by atoms with van der Waals surface area (Å²) in [6, 6.07) is 18.1. The van der Waals surface area contributed by atoms with Crippen LogP contribution < -0.4 is 9.64 Å². The molecule has 5 nitrogen and oxygen atoms in total. The van der Waals surface area contributed by atoms with E-state index in [0.717, 1.165) is 52.9 Å². The molecule has 0 amide bonds. The van der Waals surface area contributed by atoms with Crippen LogP contribution in [0.15, 0.2) is 60.2 Å². The van der Waals surface area contributed by atoms with E-state index in [1.165, 1.54) is 17.7 Å². The summed E-state index contributed by atoms with van der Waals surface area (Å²) in [4.78, 5) is 15.5. The number of phenolic OH excluding ortho intramolecular Hbond substituents is 1. The predicted molar refractivity (Wildman–Crippen MR) is 136 cm³/mol. The number of fused-ring (bicyclic) bond motifs is 1. The normalized spacial score (nSPS) is 35.1. The maximum absolute atomic E-state index is 14.0. The van der Waals surface area contributed by atoms with Crippen LogP contribution in [-0.2, 0) is 16.6 Å². The van der Waals surface area contributed by atoms with Gasteiger partial charge in [0.2, 0.25) is 0 Å². The minimum atomic E-state index is -1.09. The van der Waals surface area contributed by atoms with Crippen molar-refractivity contribution < 1.29 is 24.6 Å². The van der Waals surface area contributed by atoms with Gasteiger partial charge in [0.15, 0.2) is 23.4 Å². The number of aromatic hydroxyl groups is 1. The van der Waals surface area contributed by atoms with Crippen molar-refractivity contribution in [3.8, 4) is 11.5 Å². The summed E-state index contributed by atoms with van der Waals surface area (Å²) in [5, 5.41) is 25.8. The number of benzene rings is 3. The van der Waals surface area contributed by atoms with Crippen LogP contribution in [0.2, 0.25) is 0 Å². The molecule has 5 aliphatic rings. The Bertz CT molecular complexity index is 1490. The van der Waals surface area contributed by atoms with Crippen molar-refractivity contribution >= 4 is 22.6 Å². The number of aliphatic hydroxyl groups is 1. The quantitative estimate of drug-likeness (QED) is 0.504. The van der Waals surface area contributed by atoms with Crippen LogP contribution in [0, 0.1) is 5.92 Å². The first-order valence-corrected chi connectivity index (χ1v) is 13.3. The second-order valence-electron chi connectivity index (χ2n) is 11.7. The molecule has 1 spiro atoms. The number of carbonyl (C=O) groups is 1. The number of phenols is 1. The average molecular weight is 481 g/mol. The predicted octanol–water partition coefficient (Wildman–Crippen LogP) is 2.96. The second-order valence-corrected chi connectivity index (χ2v) is 11.7. The number of likely N-dealkylation sites (tertiary alicyclic amines) is 1. The molecule has 3 aromatic carbocycles. The number of hydrogen-bond donors (Lipinski definition) is 3. The number of quaternary nitrogens is 1. The number of ketones is 1. The number of piperidine rings is 1. The molecule has 36 heavy (non-hydrogen) atoms. The number of hydrogen-bond acceptors (Lipinski definition) is 4. The summed E-state index contributed by atoms with van der Waals surface area (Å²) in [6.45, 7) is 2.02. The number of nitrogens with one attached hydrogen (secondary N) is 1. The molecule has 2 heterocycles. The molecule has 0 aromatic heterocycles. The van der Waals surface area contributed by atoms with Crippen molar-refractivity contribution in [2.24, 2.45) is 5.92 Å². The molecule has 2 aliphatic heterocycles. The molecule has 2 saturated carbocycles. The zero-order chi connectivity index (χ0) is 24.2. The molecule has 2 bridgehead atoms. The number of carbonyl (C=O) groups excluding carboxylic acids is 1. The van der Waals surface area contributed by atoms with Gasteiger partial charge in [0.25, 0.3) is 0 Å². The van der Waals surface area contributed by atoms with E-state index in [9.17, 15) is 15.0 Å². The third-order valence-corrected chi connectivity index (χ3v) is 9.84. The molecular weight excluding hydrogens is 450 g/mol. The van der Waals surface area contributed by atoms with Gasteiger partial charge in [-0.15, -0.1) is 0 Å². The summed E-state index contributed by atoms with van der Waals surface area (Å²) < 4.78 is 6.34. The first-order chi connectivity index (χ1) is 17.5. The Kier molecular flexibility index (Phi) is 4.07. The fourth-order valence-corrected chi connectivity index (χ4v) is 8.03. The molecule has 0 radical (unpaired) electrons. The Labute approximate surface area is 210 Å². The lowest BCUT2D eigenvalue weighted by Crippen LogP contribution is -3.21. The van der Waals surface area contributed by atoms with E-state index in [4.69, 9.17) is 4.74 Å². The van der Waals surface area contributed by atoms with Crippen LogP contribution in [0.1, 0.15) is 42.4 Å². The van der Waals surface area contributed by atoms with Gasteiger partial charge in [0.1, 0.15) is 11.6 Å². The minimum Gasteiger partial charge on any atom is -0.504 e. The zero-order valence-corrected chi connectivity index (χ0v) is 20.2. The maximum Gasteiger partial charge on any atom is 0.200 e. The standard InChI is InChI=1S/C31H29NO4/c33-24-10-9-22-15-25-31(35)16-23(14-19-7-8-20-3-1-2-4-21(20)13-19)27(34)29-30(31,26(22)28(24)36-29)11-12-32(25)17-18-5-6-18/h1-4,7-10,13-14,18,25,29,33,35H,5-6,11-12,15-17H2/p+1/b23-14-/t25?,29?,30?,31-/m1/s1. The molecule has 1 saturated heterocycles. The topological polar surface area (TPSA) is 71.2 Å². The molecule has 3 N–H and O–H groups in total. The Morgan fingerprint density at radius 3 is 2.75 bits per heavy atom. The Morgan fingerprint density at radius 1 is 1.08 bits per heavy atom. The Balaban J connectivity index is 1.29. The van der Waals surface area contributed by atoms with E-state index in [1.54, 1.807) is 6.07 Å². The third-order valence-electron chi connectivity index (χ3n) is 9.84. The highest BCUT2D eigenvalue weighted by Gasteiger charge is 2.76. The molecule has 5 heteroatoms. The highest BCUT2D eigenvalue weighted by molar-refractivity contribution is 6.06. The molecule has 3 aromatic rings. The maximum atomic E-state index is 14.0. The zero-order valence-electron chi connectivity index (χ0n) is 20.2. The van der Waals surface area contributed by atoms with Crippen molar-refractivity contribution in [2.75, 3.05) is 13.1 Å². The molecular formula is C31H30NO4+. The molecule has 3 aliphatic carbocycles. The highest BCUT2D eigenvalue weighted by atomic mass is 16.5. The lowest BCUT2D eigenvalue weighted by molar-refractivity contribution is -0.943. The lowest BCUT2D eigenvalue weighted by Gasteiger charge is -2.60. The van der Waals surface area contributed by atoms with E-state index in [0.29, 0.717) is 24.2 Å². The summed E-state index contributed by atoms with van der Waals surface area (Å²) in [5.74, 6) is 1.18. The fourth-order valence-electron chi connectivity index (χ4n) is 8.03. The minimum absolute atomic E-state index is 0.00838. The van der Waals surface area contributed by atoms with Gasteiger partial charge in [-0.3, -0.25) is 4.79 Å². The van der Waals surface area contributed by atoms with Crippen LogP contribution in [0.25, 0.3) is 16.8 Å². The van der Waals surface area contributed by atoms with E-state index in [-0.39, 0.29) is 17.6 Å². The van der Waals surface area contributed by atoms with Crippen molar-refractivity contribution in [3.63, 3.8) is 0 Å². The first kappa shape index (κ1) is 21.0. The van der Waals surface area contributed by atoms with Gasteiger partial charge in [0.05, 0.1) is 18.5 Å². The molecule has 4 unspecified atom stereocenters. The van der Waals surface area contributed by atoms with Gasteiger partial charge in [-0.1, -0.05) is 42.5 Å². The van der Waals surface area contributed by atoms with Gasteiger partial charge in [-0.2, -0.15) is 0 Å². The summed E-state index contributed by atoms with van der Waals surface area (Å²) >= 11 is 0. The lowest BCUT2D eigenvalue weighted by atomic mass is 9.48. The fraction of sp³-hybridized carbons (Fsp3) is 0.387. The van der Waals surface area contributed by atoms with E-state index in [2.05, 4.69) is 24.3 Å². The van der Waals surface area contributed by atoms with E-state index >= 15 is 0 Å². The highest BCUT2D eigenvalue weighted by Crippen LogP contribution is 2.63. The van der Waals surface area contributed by atoms with Crippen molar-refractivity contribution in [2.45, 2.75) is 55.3 Å². The first-order valence-electron chi connectivity index (χ1n) is 13.3. The van der Waals surface area contributed by atoms with Crippen LogP contribution in [0.4, 0.5) is 0 Å². The SMILES string of the molecule is O=C1/C(=C\c2ccc3ccccc3c2)C[C@@]2(O)C3Cc4ccc(O)c5c4C2(CC[NH+]3CC2CC2)C1O5. The van der Waals surface area contributed by atoms with Crippen molar-refractivity contribution in [3.05, 3.63) is 76.9 Å². The van der Waals surface area contributed by atoms with Gasteiger partial charge >= 0.3 is 0 Å². The van der Waals surface area contributed by atoms with Crippen LogP contribution in [0.5, 0.6) is 11.5 Å². The largest absolute Gasteiger partial charge is 0.504 e. The Morgan fingerprint density at radius 2 is 1.92 bits per heavy atom.